The number of hydrogen-bond acceptors (Lipinski definition) is 5. The lowest BCUT2D eigenvalue weighted by Gasteiger charge is -2.33. The summed E-state index contributed by atoms with van der Waals surface area (Å²) in [6.07, 6.45) is -4.73. The Morgan fingerprint density at radius 1 is 0.839 bits per heavy atom. The molecule has 0 atom stereocenters. The van der Waals surface area contributed by atoms with Gasteiger partial charge in [0, 0.05) is 31.7 Å². The number of nitrogens with zero attached hydrogens (tertiary/aromatic N) is 4. The van der Waals surface area contributed by atoms with E-state index in [1.807, 2.05) is 18.1 Å². The highest BCUT2D eigenvalue weighted by molar-refractivity contribution is 5.88. The molecule has 3 aromatic rings. The van der Waals surface area contributed by atoms with Crippen LogP contribution in [0, 0.1) is 5.82 Å². The molecule has 1 saturated heterocycles. The van der Waals surface area contributed by atoms with Crippen molar-refractivity contribution in [3.8, 4) is 22.4 Å². The minimum atomic E-state index is -4.73. The summed E-state index contributed by atoms with van der Waals surface area (Å²) in [6, 6.07) is 14.2. The summed E-state index contributed by atoms with van der Waals surface area (Å²) in [7, 11) is 1.99. The fourth-order valence-electron chi connectivity index (χ4n) is 3.43. The van der Waals surface area contributed by atoms with Gasteiger partial charge in [0.25, 0.3) is 0 Å². The largest absolute Gasteiger partial charge is 0.451 e. The summed E-state index contributed by atoms with van der Waals surface area (Å²) in [6.45, 7) is 2.80. The van der Waals surface area contributed by atoms with Crippen LogP contribution in [0.25, 0.3) is 22.4 Å². The molecule has 0 radical (unpaired) electrons. The molecule has 2 heterocycles. The van der Waals surface area contributed by atoms with E-state index in [9.17, 15) is 17.6 Å². The molecule has 0 amide bonds. The second kappa shape index (κ2) is 8.60. The third kappa shape index (κ3) is 4.83. The van der Waals surface area contributed by atoms with Crippen LogP contribution in [0.4, 0.5) is 23.4 Å². The van der Waals surface area contributed by atoms with Gasteiger partial charge in [-0.1, -0.05) is 30.3 Å². The van der Waals surface area contributed by atoms with Crippen LogP contribution >= 0.6 is 0 Å². The lowest BCUT2D eigenvalue weighted by Crippen LogP contribution is -2.47. The molecule has 162 valence electrons. The first-order chi connectivity index (χ1) is 14.8. The van der Waals surface area contributed by atoms with Gasteiger partial charge in [0.2, 0.25) is 5.82 Å². The molecular weight excluding hydrogens is 410 g/mol. The van der Waals surface area contributed by atoms with Crippen LogP contribution in [0.2, 0.25) is 0 Å². The van der Waals surface area contributed by atoms with E-state index in [1.54, 1.807) is 24.3 Å². The second-order valence-corrected chi connectivity index (χ2v) is 7.39. The van der Waals surface area contributed by atoms with Gasteiger partial charge in [-0.2, -0.15) is 13.2 Å². The first-order valence-electron chi connectivity index (χ1n) is 9.82. The number of likely N-dealkylation sites (N-methyl/N-ethyl adjacent to an activating group) is 1. The maximum atomic E-state index is 13.7. The van der Waals surface area contributed by atoms with E-state index in [0.717, 1.165) is 13.1 Å². The fourth-order valence-corrected chi connectivity index (χ4v) is 3.43. The molecule has 4 rings (SSSR count). The Kier molecular flexibility index (Phi) is 5.88. The minimum Gasteiger partial charge on any atom is -0.304 e. The number of benzene rings is 2. The Labute approximate surface area is 177 Å². The van der Waals surface area contributed by atoms with Gasteiger partial charge in [0.15, 0.2) is 5.82 Å². The molecule has 1 fully saturated rings. The van der Waals surface area contributed by atoms with Gasteiger partial charge in [0.1, 0.15) is 5.82 Å². The summed E-state index contributed by atoms with van der Waals surface area (Å²) in [5.41, 5.74) is 4.63. The average molecular weight is 431 g/mol. The summed E-state index contributed by atoms with van der Waals surface area (Å²) in [5, 5.41) is 1.85. The van der Waals surface area contributed by atoms with Crippen LogP contribution in [-0.4, -0.2) is 53.1 Å². The van der Waals surface area contributed by atoms with E-state index in [2.05, 4.69) is 20.3 Å². The van der Waals surface area contributed by atoms with Crippen molar-refractivity contribution in [3.63, 3.8) is 0 Å². The number of nitrogens with one attached hydrogen (secondary N) is 1. The van der Waals surface area contributed by atoms with Crippen molar-refractivity contribution in [2.24, 2.45) is 0 Å². The van der Waals surface area contributed by atoms with E-state index in [4.69, 9.17) is 0 Å². The molecule has 1 aliphatic heterocycles. The summed E-state index contributed by atoms with van der Waals surface area (Å²) >= 11 is 0. The van der Waals surface area contributed by atoms with Gasteiger partial charge < -0.3 is 10.3 Å². The molecule has 9 heteroatoms. The molecule has 0 bridgehead atoms. The summed E-state index contributed by atoms with van der Waals surface area (Å²) in [4.78, 5) is 9.86. The van der Waals surface area contributed by atoms with Gasteiger partial charge in [0.05, 0.1) is 11.3 Å². The zero-order valence-electron chi connectivity index (χ0n) is 16.8. The van der Waals surface area contributed by atoms with Gasteiger partial charge >= 0.3 is 6.18 Å². The first-order valence-corrected chi connectivity index (χ1v) is 9.82. The van der Waals surface area contributed by atoms with Crippen LogP contribution in [0.5, 0.6) is 0 Å². The van der Waals surface area contributed by atoms with Crippen molar-refractivity contribution in [1.29, 1.82) is 0 Å². The number of hydrazine groups is 1. The molecule has 5 nitrogen and oxygen atoms in total. The Morgan fingerprint density at radius 3 is 2.10 bits per heavy atom. The number of alkyl halides is 3. The first kappa shape index (κ1) is 21.2. The predicted molar refractivity (Wildman–Crippen MR) is 111 cm³/mol. The zero-order valence-corrected chi connectivity index (χ0v) is 16.8. The van der Waals surface area contributed by atoms with Gasteiger partial charge in [-0.25, -0.2) is 19.4 Å². The van der Waals surface area contributed by atoms with E-state index in [1.165, 1.54) is 24.3 Å². The van der Waals surface area contributed by atoms with Crippen molar-refractivity contribution in [3.05, 3.63) is 66.2 Å². The van der Waals surface area contributed by atoms with Crippen LogP contribution in [0.15, 0.2) is 54.6 Å². The molecule has 1 N–H and O–H groups in total. The van der Waals surface area contributed by atoms with E-state index in [-0.39, 0.29) is 11.5 Å². The van der Waals surface area contributed by atoms with E-state index in [0.29, 0.717) is 29.8 Å². The van der Waals surface area contributed by atoms with Gasteiger partial charge in [-0.15, -0.1) is 0 Å². The zero-order chi connectivity index (χ0) is 22.0. The van der Waals surface area contributed by atoms with Crippen LogP contribution in [0.3, 0.4) is 0 Å². The number of anilines is 1. The van der Waals surface area contributed by atoms with Crippen molar-refractivity contribution in [1.82, 2.24) is 19.9 Å². The van der Waals surface area contributed by atoms with E-state index >= 15 is 0 Å². The topological polar surface area (TPSA) is 44.3 Å². The number of hydrogen-bond donors (Lipinski definition) is 1. The Hall–Kier alpha value is -3.04. The molecular formula is C22H21F4N5. The van der Waals surface area contributed by atoms with Crippen molar-refractivity contribution >= 4 is 5.82 Å². The molecule has 0 spiro atoms. The summed E-state index contributed by atoms with van der Waals surface area (Å²) < 4.78 is 54.5. The van der Waals surface area contributed by atoms with Crippen LogP contribution in [0.1, 0.15) is 5.82 Å². The smallest absolute Gasteiger partial charge is 0.304 e. The van der Waals surface area contributed by atoms with Crippen LogP contribution in [-0.2, 0) is 6.18 Å². The third-order valence-electron chi connectivity index (χ3n) is 5.11. The molecule has 31 heavy (non-hydrogen) atoms. The normalized spacial score (nSPS) is 15.8. The highest BCUT2D eigenvalue weighted by atomic mass is 19.4. The highest BCUT2D eigenvalue weighted by Gasteiger charge is 2.37. The Bertz CT molecular complexity index is 1030. The molecule has 0 unspecified atom stereocenters. The SMILES string of the molecule is CN1CCN(Nc2nc(C(F)(F)F)nc(-c3ccc(F)cc3)c2-c2ccccc2)CC1. The van der Waals surface area contributed by atoms with Gasteiger partial charge in [-0.05, 0) is 36.9 Å². The maximum absolute atomic E-state index is 13.7. The molecule has 0 saturated carbocycles. The summed E-state index contributed by atoms with van der Waals surface area (Å²) in [5.74, 6) is -1.66. The molecule has 0 aliphatic carbocycles. The van der Waals surface area contributed by atoms with Gasteiger partial charge in [-0.3, -0.25) is 0 Å². The van der Waals surface area contributed by atoms with E-state index < -0.39 is 17.8 Å². The molecule has 2 aromatic carbocycles. The fraction of sp³-hybridized carbons (Fsp3) is 0.273. The lowest BCUT2D eigenvalue weighted by molar-refractivity contribution is -0.144. The predicted octanol–water partition coefficient (Wildman–Crippen LogP) is 4.54. The number of aromatic nitrogens is 2. The monoisotopic (exact) mass is 431 g/mol. The van der Waals surface area contributed by atoms with Crippen LogP contribution < -0.4 is 5.43 Å². The third-order valence-corrected chi connectivity index (χ3v) is 5.11. The van der Waals surface area contributed by atoms with Crippen molar-refractivity contribution in [2.45, 2.75) is 6.18 Å². The molecule has 1 aromatic heterocycles. The Morgan fingerprint density at radius 2 is 1.48 bits per heavy atom. The quantitative estimate of drug-likeness (QED) is 0.615. The molecule has 1 aliphatic rings. The van der Waals surface area contributed by atoms with Crippen molar-refractivity contribution < 1.29 is 17.6 Å². The number of rotatable bonds is 4. The number of piperazine rings is 1. The second-order valence-electron chi connectivity index (χ2n) is 7.39. The highest BCUT2D eigenvalue weighted by Crippen LogP contribution is 2.39. The Balaban J connectivity index is 1.90. The number of halogens is 4. The minimum absolute atomic E-state index is 0.0670. The lowest BCUT2D eigenvalue weighted by atomic mass is 9.99. The average Bonchev–Trinajstić information content (AvgIpc) is 2.75. The standard InChI is InChI=1S/C22H21F4N5/c1-30-11-13-31(14-12-30)29-20-18(15-5-3-2-4-6-15)19(16-7-9-17(23)10-8-16)27-21(28-20)22(24,25)26/h2-10H,11-14H2,1H3,(H,27,28,29). The van der Waals surface area contributed by atoms with Crippen molar-refractivity contribution in [2.75, 3.05) is 38.7 Å². The maximum Gasteiger partial charge on any atom is 0.451 e.